The Morgan fingerprint density at radius 2 is 2.16 bits per heavy atom. The van der Waals surface area contributed by atoms with Crippen molar-refractivity contribution in [2.24, 2.45) is 0 Å². The maximum Gasteiger partial charge on any atom is 0.243 e. The Hall–Kier alpha value is -0.620. The van der Waals surface area contributed by atoms with E-state index in [4.69, 9.17) is 11.6 Å². The first-order valence-electron chi connectivity index (χ1n) is 6.36. The van der Waals surface area contributed by atoms with Gasteiger partial charge in [-0.3, -0.25) is 0 Å². The van der Waals surface area contributed by atoms with Gasteiger partial charge in [-0.05, 0) is 37.5 Å². The van der Waals surface area contributed by atoms with Gasteiger partial charge < -0.3 is 5.11 Å². The number of piperidine rings is 1. The van der Waals surface area contributed by atoms with Crippen molar-refractivity contribution in [2.75, 3.05) is 13.2 Å². The average Bonchev–Trinajstić information content (AvgIpc) is 2.41. The van der Waals surface area contributed by atoms with Crippen molar-refractivity contribution in [3.05, 3.63) is 28.8 Å². The molecule has 1 aromatic carbocycles. The predicted octanol–water partition coefficient (Wildman–Crippen LogP) is 2.18. The van der Waals surface area contributed by atoms with Crippen LogP contribution in [0.1, 0.15) is 24.8 Å². The molecule has 0 amide bonds. The summed E-state index contributed by atoms with van der Waals surface area (Å²) in [7, 11) is -3.59. The van der Waals surface area contributed by atoms with E-state index in [1.54, 1.807) is 25.1 Å². The Balaban J connectivity index is 2.44. The van der Waals surface area contributed by atoms with Crippen LogP contribution >= 0.6 is 11.6 Å². The molecular weight excluding hydrogens is 286 g/mol. The van der Waals surface area contributed by atoms with Crippen molar-refractivity contribution in [3.8, 4) is 0 Å². The number of aliphatic hydroxyl groups is 1. The molecule has 0 spiro atoms. The van der Waals surface area contributed by atoms with Gasteiger partial charge in [0.1, 0.15) is 0 Å². The molecule has 6 heteroatoms. The SMILES string of the molecule is Cc1c(Cl)cccc1S(=O)(=O)N1CCCCC1CO. The minimum atomic E-state index is -3.59. The fourth-order valence-corrected chi connectivity index (χ4v) is 4.63. The van der Waals surface area contributed by atoms with Crippen LogP contribution in [-0.4, -0.2) is 37.0 Å². The highest BCUT2D eigenvalue weighted by atomic mass is 35.5. The zero-order valence-electron chi connectivity index (χ0n) is 10.8. The molecule has 1 aliphatic rings. The Morgan fingerprint density at radius 3 is 2.84 bits per heavy atom. The van der Waals surface area contributed by atoms with Gasteiger partial charge in [-0.15, -0.1) is 0 Å². The number of rotatable bonds is 3. The summed E-state index contributed by atoms with van der Waals surface area (Å²) in [5.74, 6) is 0. The molecule has 0 bridgehead atoms. The van der Waals surface area contributed by atoms with Gasteiger partial charge >= 0.3 is 0 Å². The zero-order valence-corrected chi connectivity index (χ0v) is 12.4. The number of hydrogen-bond acceptors (Lipinski definition) is 3. The number of aliphatic hydroxyl groups excluding tert-OH is 1. The number of nitrogens with zero attached hydrogens (tertiary/aromatic N) is 1. The van der Waals surface area contributed by atoms with E-state index in [1.165, 1.54) is 4.31 Å². The fourth-order valence-electron chi connectivity index (χ4n) is 2.47. The van der Waals surface area contributed by atoms with Crippen LogP contribution in [0.3, 0.4) is 0 Å². The minimum Gasteiger partial charge on any atom is -0.395 e. The van der Waals surface area contributed by atoms with Gasteiger partial charge in [-0.25, -0.2) is 8.42 Å². The Labute approximate surface area is 119 Å². The van der Waals surface area contributed by atoms with Crippen LogP contribution < -0.4 is 0 Å². The first-order valence-corrected chi connectivity index (χ1v) is 8.18. The van der Waals surface area contributed by atoms with Crippen molar-refractivity contribution >= 4 is 21.6 Å². The van der Waals surface area contributed by atoms with Crippen LogP contribution in [0, 0.1) is 6.92 Å². The van der Waals surface area contributed by atoms with Crippen molar-refractivity contribution in [2.45, 2.75) is 37.1 Å². The highest BCUT2D eigenvalue weighted by Crippen LogP contribution is 2.29. The van der Waals surface area contributed by atoms with E-state index in [0.717, 1.165) is 12.8 Å². The third kappa shape index (κ3) is 2.79. The molecule has 0 saturated carbocycles. The van der Waals surface area contributed by atoms with Crippen molar-refractivity contribution in [1.82, 2.24) is 4.31 Å². The van der Waals surface area contributed by atoms with Gasteiger partial charge in [0, 0.05) is 17.6 Å². The molecule has 1 unspecified atom stereocenters. The summed E-state index contributed by atoms with van der Waals surface area (Å²) in [6, 6.07) is 4.56. The summed E-state index contributed by atoms with van der Waals surface area (Å²) < 4.78 is 26.8. The summed E-state index contributed by atoms with van der Waals surface area (Å²) >= 11 is 6.00. The topological polar surface area (TPSA) is 57.6 Å². The standard InChI is InChI=1S/C13H18ClNO3S/c1-10-12(14)6-4-7-13(10)19(17,18)15-8-3-2-5-11(15)9-16/h4,6-7,11,16H,2-3,5,8-9H2,1H3. The molecule has 4 nitrogen and oxygen atoms in total. The second-order valence-electron chi connectivity index (χ2n) is 4.81. The van der Waals surface area contributed by atoms with Gasteiger partial charge in [-0.2, -0.15) is 4.31 Å². The van der Waals surface area contributed by atoms with Gasteiger partial charge in [0.15, 0.2) is 0 Å². The summed E-state index contributed by atoms with van der Waals surface area (Å²) in [5.41, 5.74) is 0.562. The predicted molar refractivity (Wildman–Crippen MR) is 74.8 cm³/mol. The molecule has 0 aliphatic carbocycles. The lowest BCUT2D eigenvalue weighted by Crippen LogP contribution is -2.45. The molecule has 0 radical (unpaired) electrons. The monoisotopic (exact) mass is 303 g/mol. The maximum absolute atomic E-state index is 12.7. The average molecular weight is 304 g/mol. The van der Waals surface area contributed by atoms with Gasteiger partial charge in [0.05, 0.1) is 11.5 Å². The molecule has 1 atom stereocenters. The highest BCUT2D eigenvalue weighted by Gasteiger charge is 2.34. The lowest BCUT2D eigenvalue weighted by Gasteiger charge is -2.33. The van der Waals surface area contributed by atoms with E-state index < -0.39 is 10.0 Å². The Bertz CT molecular complexity index is 559. The maximum atomic E-state index is 12.7. The van der Waals surface area contributed by atoms with E-state index in [0.29, 0.717) is 23.6 Å². The number of halogens is 1. The van der Waals surface area contributed by atoms with E-state index in [-0.39, 0.29) is 17.5 Å². The van der Waals surface area contributed by atoms with Crippen molar-refractivity contribution in [1.29, 1.82) is 0 Å². The smallest absolute Gasteiger partial charge is 0.243 e. The molecule has 1 aliphatic heterocycles. The van der Waals surface area contributed by atoms with Crippen LogP contribution in [-0.2, 0) is 10.0 Å². The van der Waals surface area contributed by atoms with Gasteiger partial charge in [0.25, 0.3) is 0 Å². The largest absolute Gasteiger partial charge is 0.395 e. The highest BCUT2D eigenvalue weighted by molar-refractivity contribution is 7.89. The number of sulfonamides is 1. The Morgan fingerprint density at radius 1 is 1.42 bits per heavy atom. The van der Waals surface area contributed by atoms with Crippen LogP contribution in [0.5, 0.6) is 0 Å². The van der Waals surface area contributed by atoms with Crippen LogP contribution in [0.2, 0.25) is 5.02 Å². The van der Waals surface area contributed by atoms with E-state index in [1.807, 2.05) is 0 Å². The second kappa shape index (κ2) is 5.79. The fraction of sp³-hybridized carbons (Fsp3) is 0.538. The molecule has 1 heterocycles. The quantitative estimate of drug-likeness (QED) is 0.931. The number of benzene rings is 1. The third-order valence-electron chi connectivity index (χ3n) is 3.59. The summed E-state index contributed by atoms with van der Waals surface area (Å²) in [6.45, 7) is 2.02. The summed E-state index contributed by atoms with van der Waals surface area (Å²) in [6.07, 6.45) is 2.48. The van der Waals surface area contributed by atoms with E-state index in [9.17, 15) is 13.5 Å². The molecule has 0 aromatic heterocycles. The third-order valence-corrected chi connectivity index (χ3v) is 6.09. The lowest BCUT2D eigenvalue weighted by molar-refractivity contribution is 0.155. The van der Waals surface area contributed by atoms with Crippen molar-refractivity contribution in [3.63, 3.8) is 0 Å². The zero-order chi connectivity index (χ0) is 14.0. The van der Waals surface area contributed by atoms with E-state index >= 15 is 0 Å². The van der Waals surface area contributed by atoms with Crippen molar-refractivity contribution < 1.29 is 13.5 Å². The molecule has 1 N–H and O–H groups in total. The molecule has 1 aromatic rings. The minimum absolute atomic E-state index is 0.140. The molecule has 106 valence electrons. The molecule has 1 saturated heterocycles. The molecular formula is C13H18ClNO3S. The second-order valence-corrected chi connectivity index (χ2v) is 7.08. The Kier molecular flexibility index (Phi) is 4.50. The first kappa shape index (κ1) is 14.8. The molecule has 2 rings (SSSR count). The van der Waals surface area contributed by atoms with E-state index in [2.05, 4.69) is 0 Å². The molecule has 19 heavy (non-hydrogen) atoms. The summed E-state index contributed by atoms with van der Waals surface area (Å²) in [5, 5.41) is 9.81. The van der Waals surface area contributed by atoms with Crippen LogP contribution in [0.4, 0.5) is 0 Å². The normalized spacial score (nSPS) is 21.5. The number of hydrogen-bond donors (Lipinski definition) is 1. The van der Waals surface area contributed by atoms with Gasteiger partial charge in [0.2, 0.25) is 10.0 Å². The van der Waals surface area contributed by atoms with Crippen LogP contribution in [0.15, 0.2) is 23.1 Å². The lowest BCUT2D eigenvalue weighted by atomic mass is 10.1. The summed E-state index contributed by atoms with van der Waals surface area (Å²) in [4.78, 5) is 0.236. The first-order chi connectivity index (χ1) is 8.98. The van der Waals surface area contributed by atoms with Gasteiger partial charge in [-0.1, -0.05) is 24.1 Å². The molecule has 1 fully saturated rings. The van der Waals surface area contributed by atoms with Crippen LogP contribution in [0.25, 0.3) is 0 Å².